The van der Waals surface area contributed by atoms with Crippen molar-refractivity contribution < 1.29 is 4.79 Å². The number of anilines is 1. The van der Waals surface area contributed by atoms with Crippen LogP contribution in [-0.2, 0) is 4.79 Å². The molecule has 1 aromatic carbocycles. The summed E-state index contributed by atoms with van der Waals surface area (Å²) in [5, 5.41) is 7.45. The van der Waals surface area contributed by atoms with Gasteiger partial charge in [0, 0.05) is 11.6 Å². The lowest BCUT2D eigenvalue weighted by molar-refractivity contribution is -0.122. The Morgan fingerprint density at radius 3 is 2.68 bits per heavy atom. The molecule has 0 saturated carbocycles. The maximum absolute atomic E-state index is 12.8. The van der Waals surface area contributed by atoms with Gasteiger partial charge in [-0.15, -0.1) is 12.4 Å². The summed E-state index contributed by atoms with van der Waals surface area (Å²) in [5.41, 5.74) is 0.637. The molecule has 25 heavy (non-hydrogen) atoms. The molecule has 7 heteroatoms. The Balaban J connectivity index is 0.00000225. The van der Waals surface area contributed by atoms with Crippen LogP contribution in [0, 0.1) is 5.92 Å². The predicted octanol–water partition coefficient (Wildman–Crippen LogP) is 4.21. The predicted molar refractivity (Wildman–Crippen MR) is 107 cm³/mol. The van der Waals surface area contributed by atoms with E-state index in [4.69, 9.17) is 23.2 Å². The van der Waals surface area contributed by atoms with E-state index in [-0.39, 0.29) is 24.4 Å². The molecule has 2 N–H and O–H groups in total. The fraction of sp³-hybridized carbons (Fsp3) is 0.611. The second-order valence-corrected chi connectivity index (χ2v) is 7.66. The summed E-state index contributed by atoms with van der Waals surface area (Å²) in [6.45, 7) is 4.22. The van der Waals surface area contributed by atoms with Crippen molar-refractivity contribution in [1.82, 2.24) is 10.2 Å². The van der Waals surface area contributed by atoms with E-state index in [0.717, 1.165) is 39.0 Å². The summed E-state index contributed by atoms with van der Waals surface area (Å²) in [7, 11) is 0. The second-order valence-electron chi connectivity index (χ2n) is 6.81. The number of carbonyl (C=O) groups excluding carboxylic acids is 1. The number of halogens is 3. The molecule has 2 fully saturated rings. The second kappa shape index (κ2) is 9.98. The zero-order valence-electron chi connectivity index (χ0n) is 14.3. The summed E-state index contributed by atoms with van der Waals surface area (Å²) in [6, 6.07) is 5.12. The molecule has 0 radical (unpaired) electrons. The molecule has 140 valence electrons. The van der Waals surface area contributed by atoms with Gasteiger partial charge in [-0.25, -0.2) is 0 Å². The van der Waals surface area contributed by atoms with Crippen molar-refractivity contribution in [2.24, 2.45) is 5.92 Å². The largest absolute Gasteiger partial charge is 0.323 e. The van der Waals surface area contributed by atoms with Gasteiger partial charge < -0.3 is 10.6 Å². The molecule has 1 unspecified atom stereocenters. The zero-order chi connectivity index (χ0) is 16.9. The van der Waals surface area contributed by atoms with E-state index in [2.05, 4.69) is 15.5 Å². The van der Waals surface area contributed by atoms with Crippen molar-refractivity contribution in [3.63, 3.8) is 0 Å². The highest BCUT2D eigenvalue weighted by molar-refractivity contribution is 6.36. The summed E-state index contributed by atoms with van der Waals surface area (Å²) < 4.78 is 0. The molecule has 0 aliphatic carbocycles. The first-order valence-corrected chi connectivity index (χ1v) is 9.60. The van der Waals surface area contributed by atoms with Gasteiger partial charge in [0.2, 0.25) is 5.91 Å². The third kappa shape index (κ3) is 5.73. The molecule has 2 heterocycles. The Bertz CT molecular complexity index is 579. The Morgan fingerprint density at radius 1 is 1.20 bits per heavy atom. The first-order valence-electron chi connectivity index (χ1n) is 8.84. The van der Waals surface area contributed by atoms with E-state index in [1.165, 1.54) is 19.3 Å². The molecule has 0 bridgehead atoms. The maximum Gasteiger partial charge on any atom is 0.241 e. The topological polar surface area (TPSA) is 44.4 Å². The maximum atomic E-state index is 12.8. The fourth-order valence-corrected chi connectivity index (χ4v) is 4.16. The van der Waals surface area contributed by atoms with Gasteiger partial charge in [-0.05, 0) is 69.4 Å². The lowest BCUT2D eigenvalue weighted by Crippen LogP contribution is -2.49. The molecule has 2 aliphatic heterocycles. The van der Waals surface area contributed by atoms with Crippen LogP contribution in [-0.4, -0.2) is 43.0 Å². The van der Waals surface area contributed by atoms with Crippen LogP contribution in [0.25, 0.3) is 0 Å². The fourth-order valence-electron chi connectivity index (χ4n) is 3.71. The molecule has 1 amide bonds. The van der Waals surface area contributed by atoms with Crippen LogP contribution in [0.15, 0.2) is 18.2 Å². The number of nitrogens with one attached hydrogen (secondary N) is 2. The van der Waals surface area contributed by atoms with E-state index in [1.807, 2.05) is 0 Å². The summed E-state index contributed by atoms with van der Waals surface area (Å²) in [4.78, 5) is 15.2. The van der Waals surface area contributed by atoms with Gasteiger partial charge in [-0.3, -0.25) is 9.69 Å². The number of carbonyl (C=O) groups is 1. The SMILES string of the molecule is Cl.O=C(Nc1ccc(Cl)cc1Cl)C1CCCCN1CC1CCNCC1. The molecular weight excluding hydrogens is 381 g/mol. The van der Waals surface area contributed by atoms with Crippen molar-refractivity contribution in [3.8, 4) is 0 Å². The number of piperidine rings is 2. The van der Waals surface area contributed by atoms with Crippen molar-refractivity contribution in [3.05, 3.63) is 28.2 Å². The van der Waals surface area contributed by atoms with Crippen LogP contribution in [0.1, 0.15) is 32.1 Å². The number of benzene rings is 1. The molecular formula is C18H26Cl3N3O. The highest BCUT2D eigenvalue weighted by Gasteiger charge is 2.30. The molecule has 4 nitrogen and oxygen atoms in total. The monoisotopic (exact) mass is 405 g/mol. The average Bonchev–Trinajstić information content (AvgIpc) is 2.59. The third-order valence-electron chi connectivity index (χ3n) is 5.06. The molecule has 1 atom stereocenters. The summed E-state index contributed by atoms with van der Waals surface area (Å²) in [5.74, 6) is 0.742. The number of likely N-dealkylation sites (tertiary alicyclic amines) is 1. The van der Waals surface area contributed by atoms with E-state index in [1.54, 1.807) is 18.2 Å². The Kier molecular flexibility index (Phi) is 8.30. The Morgan fingerprint density at radius 2 is 1.96 bits per heavy atom. The van der Waals surface area contributed by atoms with E-state index in [0.29, 0.717) is 21.7 Å². The molecule has 0 aromatic heterocycles. The van der Waals surface area contributed by atoms with Gasteiger partial charge in [0.1, 0.15) is 0 Å². The van der Waals surface area contributed by atoms with Gasteiger partial charge in [-0.2, -0.15) is 0 Å². The zero-order valence-corrected chi connectivity index (χ0v) is 16.6. The average molecular weight is 407 g/mol. The standard InChI is InChI=1S/C18H25Cl2N3O.ClH/c19-14-4-5-16(15(20)11-14)22-18(24)17-3-1-2-10-23(17)12-13-6-8-21-9-7-13;/h4-5,11,13,17,21H,1-3,6-10,12H2,(H,22,24);1H. The smallest absolute Gasteiger partial charge is 0.241 e. The number of amides is 1. The summed E-state index contributed by atoms with van der Waals surface area (Å²) in [6.07, 6.45) is 5.61. The van der Waals surface area contributed by atoms with Gasteiger partial charge in [0.15, 0.2) is 0 Å². The highest BCUT2D eigenvalue weighted by atomic mass is 35.5. The lowest BCUT2D eigenvalue weighted by atomic mass is 9.94. The highest BCUT2D eigenvalue weighted by Crippen LogP contribution is 2.27. The molecule has 2 saturated heterocycles. The van der Waals surface area contributed by atoms with E-state index in [9.17, 15) is 4.79 Å². The molecule has 1 aromatic rings. The van der Waals surface area contributed by atoms with Crippen molar-refractivity contribution in [1.29, 1.82) is 0 Å². The number of rotatable bonds is 4. The van der Waals surface area contributed by atoms with Crippen LogP contribution in [0.2, 0.25) is 10.0 Å². The Hall–Kier alpha value is -0.520. The van der Waals surface area contributed by atoms with Crippen LogP contribution in [0.4, 0.5) is 5.69 Å². The molecule has 2 aliphatic rings. The normalized spacial score (nSPS) is 22.2. The van der Waals surface area contributed by atoms with E-state index < -0.39 is 0 Å². The van der Waals surface area contributed by atoms with Crippen LogP contribution in [0.3, 0.4) is 0 Å². The van der Waals surface area contributed by atoms with E-state index >= 15 is 0 Å². The van der Waals surface area contributed by atoms with Gasteiger partial charge in [-0.1, -0.05) is 29.6 Å². The van der Waals surface area contributed by atoms with Crippen molar-refractivity contribution >= 4 is 47.2 Å². The van der Waals surface area contributed by atoms with Crippen molar-refractivity contribution in [2.45, 2.75) is 38.1 Å². The minimum Gasteiger partial charge on any atom is -0.323 e. The van der Waals surface area contributed by atoms with Crippen LogP contribution in [0.5, 0.6) is 0 Å². The number of hydrogen-bond donors (Lipinski definition) is 2. The first kappa shape index (κ1) is 20.8. The lowest BCUT2D eigenvalue weighted by Gasteiger charge is -2.38. The molecule has 0 spiro atoms. The minimum absolute atomic E-state index is 0. The van der Waals surface area contributed by atoms with Crippen LogP contribution >= 0.6 is 35.6 Å². The quantitative estimate of drug-likeness (QED) is 0.787. The van der Waals surface area contributed by atoms with Crippen molar-refractivity contribution in [2.75, 3.05) is 31.5 Å². The van der Waals surface area contributed by atoms with Gasteiger partial charge >= 0.3 is 0 Å². The third-order valence-corrected chi connectivity index (χ3v) is 5.60. The van der Waals surface area contributed by atoms with Gasteiger partial charge in [0.25, 0.3) is 0 Å². The molecule has 3 rings (SSSR count). The summed E-state index contributed by atoms with van der Waals surface area (Å²) >= 11 is 12.1. The number of hydrogen-bond acceptors (Lipinski definition) is 3. The van der Waals surface area contributed by atoms with Gasteiger partial charge in [0.05, 0.1) is 16.8 Å². The van der Waals surface area contributed by atoms with Crippen LogP contribution < -0.4 is 10.6 Å². The minimum atomic E-state index is -0.0552. The number of nitrogens with zero attached hydrogens (tertiary/aromatic N) is 1. The first-order chi connectivity index (χ1) is 11.6. The Labute approximate surface area is 166 Å².